The van der Waals surface area contributed by atoms with Crippen LogP contribution in [-0.4, -0.2) is 24.6 Å². The zero-order chi connectivity index (χ0) is 18.7. The van der Waals surface area contributed by atoms with Gasteiger partial charge in [0.05, 0.1) is 19.2 Å². The lowest BCUT2D eigenvalue weighted by Gasteiger charge is -2.29. The molecule has 1 aliphatic heterocycles. The molecule has 1 aromatic carbocycles. The van der Waals surface area contributed by atoms with Gasteiger partial charge in [-0.05, 0) is 41.3 Å². The summed E-state index contributed by atoms with van der Waals surface area (Å²) in [5, 5.41) is 2.86. The van der Waals surface area contributed by atoms with E-state index < -0.39 is 0 Å². The molecule has 0 bridgehead atoms. The lowest BCUT2D eigenvalue weighted by Crippen LogP contribution is -2.34. The second-order valence-corrected chi connectivity index (χ2v) is 6.68. The van der Waals surface area contributed by atoms with Crippen molar-refractivity contribution in [1.29, 1.82) is 0 Å². The van der Waals surface area contributed by atoms with E-state index in [-0.39, 0.29) is 30.1 Å². The first-order chi connectivity index (χ1) is 12.5. The summed E-state index contributed by atoms with van der Waals surface area (Å²) in [4.78, 5) is 28.3. The number of aliphatic imine (C=N–C) groups is 1. The van der Waals surface area contributed by atoms with Gasteiger partial charge in [-0.2, -0.15) is 0 Å². The third-order valence-corrected chi connectivity index (χ3v) is 4.46. The summed E-state index contributed by atoms with van der Waals surface area (Å²) < 4.78 is 5.11. The SMILES string of the molecule is COc1ccc(CC(=O)N=C2C=CC3C(=C2)NC(=O)C=C3C(C)C)cc1. The van der Waals surface area contributed by atoms with Crippen LogP contribution in [0, 0.1) is 11.8 Å². The van der Waals surface area contributed by atoms with Gasteiger partial charge in [0, 0.05) is 17.7 Å². The Morgan fingerprint density at radius 1 is 1.23 bits per heavy atom. The molecule has 0 spiro atoms. The highest BCUT2D eigenvalue weighted by atomic mass is 16.5. The average Bonchev–Trinajstić information content (AvgIpc) is 2.61. The molecule has 1 atom stereocenters. The lowest BCUT2D eigenvalue weighted by molar-refractivity contribution is -0.117. The molecule has 26 heavy (non-hydrogen) atoms. The maximum absolute atomic E-state index is 12.3. The van der Waals surface area contributed by atoms with Crippen LogP contribution in [-0.2, 0) is 16.0 Å². The Morgan fingerprint density at radius 2 is 1.96 bits per heavy atom. The minimum Gasteiger partial charge on any atom is -0.497 e. The predicted octanol–water partition coefficient (Wildman–Crippen LogP) is 2.99. The Kier molecular flexibility index (Phi) is 5.16. The molecule has 1 heterocycles. The zero-order valence-corrected chi connectivity index (χ0v) is 15.2. The van der Waals surface area contributed by atoms with Crippen LogP contribution in [0.5, 0.6) is 5.75 Å². The number of rotatable bonds is 4. The third-order valence-electron chi connectivity index (χ3n) is 4.46. The van der Waals surface area contributed by atoms with E-state index in [1.807, 2.05) is 36.4 Å². The topological polar surface area (TPSA) is 67.8 Å². The summed E-state index contributed by atoms with van der Waals surface area (Å²) in [5.74, 6) is 0.709. The quantitative estimate of drug-likeness (QED) is 0.908. The molecule has 1 unspecified atom stereocenters. The fourth-order valence-electron chi connectivity index (χ4n) is 3.12. The van der Waals surface area contributed by atoms with Gasteiger partial charge in [0.2, 0.25) is 5.91 Å². The molecule has 5 heteroatoms. The number of methoxy groups -OCH3 is 1. The van der Waals surface area contributed by atoms with E-state index in [2.05, 4.69) is 24.2 Å². The van der Waals surface area contributed by atoms with Crippen LogP contribution >= 0.6 is 0 Å². The number of amides is 2. The zero-order valence-electron chi connectivity index (χ0n) is 15.2. The molecular weight excluding hydrogens is 328 g/mol. The predicted molar refractivity (Wildman–Crippen MR) is 101 cm³/mol. The van der Waals surface area contributed by atoms with Crippen molar-refractivity contribution in [2.75, 3.05) is 7.11 Å². The summed E-state index contributed by atoms with van der Waals surface area (Å²) in [7, 11) is 1.60. The standard InChI is InChI=1S/C21H22N2O3/c1-13(2)18-12-21(25)23-19-11-15(6-9-17(18)19)22-20(24)10-14-4-7-16(26-3)8-5-14/h4-9,11-13,17H,10H2,1-3H3,(H,23,25). The van der Waals surface area contributed by atoms with Crippen LogP contribution in [0.2, 0.25) is 0 Å². The number of benzene rings is 1. The maximum Gasteiger partial charge on any atom is 0.250 e. The second kappa shape index (κ2) is 7.52. The number of allylic oxidation sites excluding steroid dienone is 3. The van der Waals surface area contributed by atoms with Gasteiger partial charge in [-0.3, -0.25) is 9.59 Å². The van der Waals surface area contributed by atoms with Gasteiger partial charge < -0.3 is 10.1 Å². The van der Waals surface area contributed by atoms with Crippen LogP contribution in [0.1, 0.15) is 19.4 Å². The van der Waals surface area contributed by atoms with E-state index in [4.69, 9.17) is 4.74 Å². The van der Waals surface area contributed by atoms with Gasteiger partial charge in [0.15, 0.2) is 0 Å². The van der Waals surface area contributed by atoms with Crippen molar-refractivity contribution in [3.8, 4) is 5.75 Å². The van der Waals surface area contributed by atoms with E-state index in [9.17, 15) is 9.59 Å². The molecule has 0 saturated carbocycles. The highest BCUT2D eigenvalue weighted by Crippen LogP contribution is 2.31. The summed E-state index contributed by atoms with van der Waals surface area (Å²) in [6, 6.07) is 7.34. The van der Waals surface area contributed by atoms with Crippen molar-refractivity contribution in [3.05, 3.63) is 65.4 Å². The molecule has 3 rings (SSSR count). The van der Waals surface area contributed by atoms with Crippen LogP contribution in [0.15, 0.2) is 64.8 Å². The minimum absolute atomic E-state index is 0.0448. The molecule has 134 valence electrons. The Hall–Kier alpha value is -2.95. The monoisotopic (exact) mass is 350 g/mol. The fourth-order valence-corrected chi connectivity index (χ4v) is 3.12. The van der Waals surface area contributed by atoms with Crippen molar-refractivity contribution in [3.63, 3.8) is 0 Å². The van der Waals surface area contributed by atoms with Gasteiger partial charge in [-0.1, -0.05) is 32.1 Å². The number of hydrogen-bond donors (Lipinski definition) is 1. The summed E-state index contributed by atoms with van der Waals surface area (Å²) >= 11 is 0. The normalized spacial score (nSPS) is 20.4. The van der Waals surface area contributed by atoms with E-state index in [0.717, 1.165) is 22.6 Å². The number of nitrogens with one attached hydrogen (secondary N) is 1. The molecular formula is C21H22N2O3. The Bertz CT molecular complexity index is 843. The summed E-state index contributed by atoms with van der Waals surface area (Å²) in [6.07, 6.45) is 7.49. The first-order valence-electron chi connectivity index (χ1n) is 8.63. The van der Waals surface area contributed by atoms with Crippen molar-refractivity contribution < 1.29 is 14.3 Å². The Labute approximate surface area is 153 Å². The largest absolute Gasteiger partial charge is 0.497 e. The molecule has 0 fully saturated rings. The van der Waals surface area contributed by atoms with Gasteiger partial charge in [-0.15, -0.1) is 0 Å². The second-order valence-electron chi connectivity index (χ2n) is 6.68. The molecule has 5 nitrogen and oxygen atoms in total. The average molecular weight is 350 g/mol. The molecule has 1 aliphatic carbocycles. The van der Waals surface area contributed by atoms with Gasteiger partial charge >= 0.3 is 0 Å². The number of carbonyl (C=O) groups excluding carboxylic acids is 2. The van der Waals surface area contributed by atoms with E-state index in [1.165, 1.54) is 0 Å². The molecule has 1 aromatic rings. The number of ether oxygens (including phenoxy) is 1. The van der Waals surface area contributed by atoms with Crippen LogP contribution in [0.25, 0.3) is 0 Å². The third kappa shape index (κ3) is 3.99. The summed E-state index contributed by atoms with van der Waals surface area (Å²) in [6.45, 7) is 4.13. The molecule has 2 aliphatic rings. The first-order valence-corrected chi connectivity index (χ1v) is 8.63. The van der Waals surface area contributed by atoms with Crippen LogP contribution in [0.4, 0.5) is 0 Å². The minimum atomic E-state index is -0.230. The molecule has 0 saturated heterocycles. The van der Waals surface area contributed by atoms with Gasteiger partial charge in [-0.25, -0.2) is 4.99 Å². The van der Waals surface area contributed by atoms with E-state index >= 15 is 0 Å². The molecule has 1 N–H and O–H groups in total. The highest BCUT2D eigenvalue weighted by Gasteiger charge is 2.27. The number of hydrogen-bond acceptors (Lipinski definition) is 3. The molecule has 0 aromatic heterocycles. The van der Waals surface area contributed by atoms with E-state index in [1.54, 1.807) is 19.3 Å². The Morgan fingerprint density at radius 3 is 2.62 bits per heavy atom. The van der Waals surface area contributed by atoms with Crippen molar-refractivity contribution >= 4 is 17.5 Å². The maximum atomic E-state index is 12.3. The Balaban J connectivity index is 1.74. The number of carbonyl (C=O) groups is 2. The van der Waals surface area contributed by atoms with Crippen molar-refractivity contribution in [1.82, 2.24) is 5.32 Å². The smallest absolute Gasteiger partial charge is 0.250 e. The first kappa shape index (κ1) is 17.9. The molecule has 0 radical (unpaired) electrons. The number of fused-ring (bicyclic) bond motifs is 1. The van der Waals surface area contributed by atoms with Gasteiger partial charge in [0.25, 0.3) is 5.91 Å². The van der Waals surface area contributed by atoms with Crippen molar-refractivity contribution in [2.24, 2.45) is 16.8 Å². The lowest BCUT2D eigenvalue weighted by atomic mass is 9.82. The molecule has 2 amide bonds. The van der Waals surface area contributed by atoms with Crippen LogP contribution in [0.3, 0.4) is 0 Å². The highest BCUT2D eigenvalue weighted by molar-refractivity contribution is 6.11. The van der Waals surface area contributed by atoms with Crippen molar-refractivity contribution in [2.45, 2.75) is 20.3 Å². The number of nitrogens with zero attached hydrogens (tertiary/aromatic N) is 1. The summed E-state index contributed by atoms with van der Waals surface area (Å²) in [5.41, 5.74) is 3.28. The fraction of sp³-hybridized carbons (Fsp3) is 0.286. The van der Waals surface area contributed by atoms with Gasteiger partial charge in [0.1, 0.15) is 5.75 Å². The van der Waals surface area contributed by atoms with E-state index in [0.29, 0.717) is 5.71 Å². The van der Waals surface area contributed by atoms with Crippen LogP contribution < -0.4 is 10.1 Å².